The average molecular weight is 208 g/mol. The van der Waals surface area contributed by atoms with Crippen molar-refractivity contribution in [2.75, 3.05) is 5.73 Å². The van der Waals surface area contributed by atoms with Crippen LogP contribution in [0.3, 0.4) is 0 Å². The lowest BCUT2D eigenvalue weighted by molar-refractivity contribution is 0.100. The first kappa shape index (κ1) is 8.83. The molecule has 0 saturated heterocycles. The summed E-state index contributed by atoms with van der Waals surface area (Å²) in [5.74, 6) is -0.475. The van der Waals surface area contributed by atoms with Crippen LogP contribution in [0.2, 0.25) is 0 Å². The molecule has 14 heavy (non-hydrogen) atoms. The van der Waals surface area contributed by atoms with Gasteiger partial charge >= 0.3 is 0 Å². The number of thiophene rings is 1. The molecule has 1 aromatic carbocycles. The second-order valence-electron chi connectivity index (χ2n) is 2.89. The van der Waals surface area contributed by atoms with Gasteiger partial charge in [-0.05, 0) is 18.2 Å². The Labute approximate surface area is 83.8 Å². The van der Waals surface area contributed by atoms with Crippen molar-refractivity contribution in [3.8, 4) is 5.75 Å². The van der Waals surface area contributed by atoms with E-state index in [4.69, 9.17) is 11.5 Å². The number of benzene rings is 1. The van der Waals surface area contributed by atoms with Gasteiger partial charge in [0, 0.05) is 10.1 Å². The number of carbonyl (C=O) groups is 1. The van der Waals surface area contributed by atoms with E-state index < -0.39 is 5.91 Å². The van der Waals surface area contributed by atoms with E-state index >= 15 is 0 Å². The van der Waals surface area contributed by atoms with Gasteiger partial charge in [0.15, 0.2) is 0 Å². The number of phenolic OH excluding ortho intramolecular Hbond substituents is 1. The summed E-state index contributed by atoms with van der Waals surface area (Å²) in [6.45, 7) is 0. The third-order valence-electron chi connectivity index (χ3n) is 1.95. The summed E-state index contributed by atoms with van der Waals surface area (Å²) in [7, 11) is 0. The van der Waals surface area contributed by atoms with Crippen LogP contribution in [0.15, 0.2) is 18.2 Å². The fourth-order valence-electron chi connectivity index (χ4n) is 1.36. The number of carbonyl (C=O) groups excluding carboxylic acids is 1. The molecule has 1 aromatic heterocycles. The van der Waals surface area contributed by atoms with Crippen LogP contribution in [-0.2, 0) is 0 Å². The normalized spacial score (nSPS) is 10.6. The van der Waals surface area contributed by atoms with Crippen molar-refractivity contribution in [3.63, 3.8) is 0 Å². The van der Waals surface area contributed by atoms with E-state index in [1.165, 1.54) is 17.4 Å². The number of fused-ring (bicyclic) bond motifs is 1. The molecule has 0 spiro atoms. The Morgan fingerprint density at radius 2 is 2.14 bits per heavy atom. The van der Waals surface area contributed by atoms with Crippen molar-refractivity contribution in [1.29, 1.82) is 0 Å². The van der Waals surface area contributed by atoms with Crippen LogP contribution in [0, 0.1) is 0 Å². The highest BCUT2D eigenvalue weighted by Crippen LogP contribution is 2.34. The third kappa shape index (κ3) is 1.18. The summed E-state index contributed by atoms with van der Waals surface area (Å²) >= 11 is 1.28. The number of amides is 1. The molecule has 1 amide bonds. The number of hydrogen-bond acceptors (Lipinski definition) is 4. The molecule has 0 aliphatic rings. The summed E-state index contributed by atoms with van der Waals surface area (Å²) in [6, 6.07) is 4.74. The molecule has 0 saturated carbocycles. The first-order valence-corrected chi connectivity index (χ1v) is 4.72. The number of aromatic hydroxyl groups is 1. The van der Waals surface area contributed by atoms with Gasteiger partial charge in [-0.25, -0.2) is 0 Å². The summed E-state index contributed by atoms with van der Waals surface area (Å²) in [5, 5.41) is 10.3. The van der Waals surface area contributed by atoms with Crippen LogP contribution < -0.4 is 11.5 Å². The highest BCUT2D eigenvalue weighted by atomic mass is 32.1. The summed E-state index contributed by atoms with van der Waals surface area (Å²) in [6.07, 6.45) is 0. The van der Waals surface area contributed by atoms with Gasteiger partial charge in [-0.1, -0.05) is 0 Å². The first-order valence-electron chi connectivity index (χ1n) is 3.90. The summed E-state index contributed by atoms with van der Waals surface area (Å²) < 4.78 is 0.842. The summed E-state index contributed by atoms with van der Waals surface area (Å²) in [4.78, 5) is 11.1. The van der Waals surface area contributed by atoms with Crippen molar-refractivity contribution in [2.24, 2.45) is 5.73 Å². The molecule has 5 heteroatoms. The zero-order chi connectivity index (χ0) is 10.3. The number of nitrogens with two attached hydrogens (primary N) is 2. The van der Waals surface area contributed by atoms with E-state index in [0.29, 0.717) is 16.0 Å². The van der Waals surface area contributed by atoms with Gasteiger partial charge in [-0.3, -0.25) is 4.79 Å². The number of phenols is 1. The average Bonchev–Trinajstić information content (AvgIpc) is 2.40. The minimum atomic E-state index is -0.570. The molecule has 72 valence electrons. The smallest absolute Gasteiger partial charge is 0.252 e. The number of rotatable bonds is 1. The molecule has 0 atom stereocenters. The molecule has 0 fully saturated rings. The minimum Gasteiger partial charge on any atom is -0.508 e. The second-order valence-corrected chi connectivity index (χ2v) is 3.97. The zero-order valence-electron chi connectivity index (χ0n) is 7.15. The molecular weight excluding hydrogens is 200 g/mol. The molecular formula is C9H8N2O2S. The molecule has 2 aromatic rings. The van der Waals surface area contributed by atoms with Crippen LogP contribution in [0.1, 0.15) is 10.4 Å². The third-order valence-corrected chi connectivity index (χ3v) is 2.95. The highest BCUT2D eigenvalue weighted by Gasteiger charge is 2.14. The Kier molecular flexibility index (Phi) is 1.82. The van der Waals surface area contributed by atoms with Crippen molar-refractivity contribution in [2.45, 2.75) is 0 Å². The van der Waals surface area contributed by atoms with Crippen LogP contribution in [0.25, 0.3) is 10.1 Å². The van der Waals surface area contributed by atoms with Crippen LogP contribution >= 0.6 is 11.3 Å². The quantitative estimate of drug-likeness (QED) is 0.659. The van der Waals surface area contributed by atoms with Gasteiger partial charge in [-0.15, -0.1) is 11.3 Å². The molecule has 0 bridgehead atoms. The Balaban J connectivity index is 2.86. The SMILES string of the molecule is NC(=O)c1c(N)sc2ccc(O)cc12. The molecule has 0 radical (unpaired) electrons. The topological polar surface area (TPSA) is 89.3 Å². The largest absolute Gasteiger partial charge is 0.508 e. The maximum Gasteiger partial charge on any atom is 0.252 e. The van der Waals surface area contributed by atoms with E-state index in [-0.39, 0.29) is 5.75 Å². The molecule has 0 unspecified atom stereocenters. The van der Waals surface area contributed by atoms with E-state index in [1.807, 2.05) is 0 Å². The van der Waals surface area contributed by atoms with Crippen molar-refractivity contribution >= 4 is 32.3 Å². The number of primary amides is 1. The Morgan fingerprint density at radius 3 is 2.79 bits per heavy atom. The monoisotopic (exact) mass is 208 g/mol. The predicted octanol–water partition coefficient (Wildman–Crippen LogP) is 1.29. The highest BCUT2D eigenvalue weighted by molar-refractivity contribution is 7.23. The molecule has 2 rings (SSSR count). The number of anilines is 1. The predicted molar refractivity (Wildman–Crippen MR) is 56.4 cm³/mol. The van der Waals surface area contributed by atoms with Crippen LogP contribution in [0.4, 0.5) is 5.00 Å². The fourth-order valence-corrected chi connectivity index (χ4v) is 2.32. The maximum atomic E-state index is 11.1. The Bertz CT molecular complexity index is 519. The van der Waals surface area contributed by atoms with Crippen LogP contribution in [-0.4, -0.2) is 11.0 Å². The first-order chi connectivity index (χ1) is 6.59. The van der Waals surface area contributed by atoms with E-state index in [9.17, 15) is 9.90 Å². The van der Waals surface area contributed by atoms with Gasteiger partial charge in [0.25, 0.3) is 5.91 Å². The fraction of sp³-hybridized carbons (Fsp3) is 0. The van der Waals surface area contributed by atoms with Gasteiger partial charge in [-0.2, -0.15) is 0 Å². The van der Waals surface area contributed by atoms with Crippen LogP contribution in [0.5, 0.6) is 5.75 Å². The van der Waals surface area contributed by atoms with E-state index in [2.05, 4.69) is 0 Å². The molecule has 5 N–H and O–H groups in total. The van der Waals surface area contributed by atoms with Crippen molar-refractivity contribution < 1.29 is 9.90 Å². The standard InChI is InChI=1S/C9H8N2O2S/c10-8(13)7-5-3-4(12)1-2-6(5)14-9(7)11/h1-3,12H,11H2,(H2,10,13). The molecule has 4 nitrogen and oxygen atoms in total. The molecule has 1 heterocycles. The van der Waals surface area contributed by atoms with Gasteiger partial charge in [0.2, 0.25) is 0 Å². The Morgan fingerprint density at radius 1 is 1.43 bits per heavy atom. The van der Waals surface area contributed by atoms with E-state index in [1.54, 1.807) is 12.1 Å². The number of nitrogen functional groups attached to an aromatic ring is 1. The lowest BCUT2D eigenvalue weighted by Crippen LogP contribution is -2.11. The van der Waals surface area contributed by atoms with Gasteiger partial charge < -0.3 is 16.6 Å². The number of hydrogen-bond donors (Lipinski definition) is 3. The van der Waals surface area contributed by atoms with Gasteiger partial charge in [0.1, 0.15) is 5.75 Å². The lowest BCUT2D eigenvalue weighted by atomic mass is 10.1. The maximum absolute atomic E-state index is 11.1. The molecule has 0 aliphatic carbocycles. The summed E-state index contributed by atoms with van der Waals surface area (Å²) in [5.41, 5.74) is 11.1. The second kappa shape index (κ2) is 2.88. The zero-order valence-corrected chi connectivity index (χ0v) is 7.97. The van der Waals surface area contributed by atoms with Crippen molar-refractivity contribution in [3.05, 3.63) is 23.8 Å². The van der Waals surface area contributed by atoms with Gasteiger partial charge in [0.05, 0.1) is 10.6 Å². The van der Waals surface area contributed by atoms with E-state index in [0.717, 1.165) is 4.70 Å². The minimum absolute atomic E-state index is 0.0952. The molecule has 0 aliphatic heterocycles. The van der Waals surface area contributed by atoms with Crippen molar-refractivity contribution in [1.82, 2.24) is 0 Å². The lowest BCUT2D eigenvalue weighted by Gasteiger charge is -1.95. The Hall–Kier alpha value is -1.75.